The minimum absolute atomic E-state index is 0.000840. The summed E-state index contributed by atoms with van der Waals surface area (Å²) in [4.78, 5) is 60.5. The molecule has 2 aromatic rings. The van der Waals surface area contributed by atoms with Gasteiger partial charge in [0.05, 0.1) is 19.3 Å². The number of hydrogen-bond acceptors (Lipinski definition) is 14. The molecule has 35 heavy (non-hydrogen) atoms. The lowest BCUT2D eigenvalue weighted by Crippen LogP contribution is -2.30. The molecule has 0 saturated carbocycles. The van der Waals surface area contributed by atoms with E-state index in [1.54, 1.807) is 0 Å². The molecule has 0 aliphatic carbocycles. The average molecular weight is 565 g/mol. The van der Waals surface area contributed by atoms with Crippen LogP contribution < -0.4 is 5.56 Å². The molecule has 3 rings (SSSR count). The highest BCUT2D eigenvalue weighted by molar-refractivity contribution is 7.66. The molecule has 2 aromatic heterocycles. The lowest BCUT2D eigenvalue weighted by molar-refractivity contribution is -0.0312. The molecule has 1 aliphatic rings. The van der Waals surface area contributed by atoms with Crippen LogP contribution in [0.25, 0.3) is 11.0 Å². The van der Waals surface area contributed by atoms with Crippen molar-refractivity contribution >= 4 is 40.5 Å². The Morgan fingerprint density at radius 3 is 2.46 bits per heavy atom. The molecule has 1 saturated heterocycles. The fourth-order valence-corrected chi connectivity index (χ4v) is 5.97. The van der Waals surface area contributed by atoms with Gasteiger partial charge in [0, 0.05) is 0 Å². The van der Waals surface area contributed by atoms with Gasteiger partial charge in [-0.25, -0.2) is 18.5 Å². The van der Waals surface area contributed by atoms with Crippen LogP contribution >= 0.6 is 23.5 Å². The molecule has 1 fully saturated rings. The van der Waals surface area contributed by atoms with Crippen molar-refractivity contribution < 1.29 is 65.9 Å². The standard InChI is InChI=1S/C12H18N5O15P3/c1-2-28-12(19)9-8-10(17(20)14-9)11(18)16(15-13-8)7-4-3-6(30-7)5-29-34(24,25)32-35(26,27)31-33(21,22)23/h6-7,20H,2-5H2,1H3,(H,24,25)(H,26,27)(H2,21,22,23). The van der Waals surface area contributed by atoms with E-state index in [9.17, 15) is 33.4 Å². The Morgan fingerprint density at radius 1 is 1.14 bits per heavy atom. The van der Waals surface area contributed by atoms with Gasteiger partial charge in [0.25, 0.3) is 0 Å². The summed E-state index contributed by atoms with van der Waals surface area (Å²) in [6.07, 6.45) is -1.88. The fraction of sp³-hybridized carbons (Fsp3) is 0.583. The predicted molar refractivity (Wildman–Crippen MR) is 106 cm³/mol. The smallest absolute Gasteiger partial charge is 0.461 e. The first-order valence-electron chi connectivity index (χ1n) is 9.31. The van der Waals surface area contributed by atoms with E-state index in [-0.39, 0.29) is 29.8 Å². The number of phosphoric acid groups is 3. The summed E-state index contributed by atoms with van der Waals surface area (Å²) in [5.74, 6) is -0.944. The molecule has 20 nitrogen and oxygen atoms in total. The zero-order valence-electron chi connectivity index (χ0n) is 17.4. The van der Waals surface area contributed by atoms with E-state index >= 15 is 0 Å². The SMILES string of the molecule is CCOC(=O)c1nn(O)c2c(=O)n(C3CCC(COP(=O)(O)OP(=O)(O)OP(=O)(O)O)O3)nnc12. The minimum atomic E-state index is -5.67. The summed E-state index contributed by atoms with van der Waals surface area (Å²) in [5, 5.41) is 20.8. The Balaban J connectivity index is 1.69. The highest BCUT2D eigenvalue weighted by Crippen LogP contribution is 2.66. The molecule has 0 bridgehead atoms. The van der Waals surface area contributed by atoms with Crippen LogP contribution in [0.3, 0.4) is 0 Å². The molecule has 4 unspecified atom stereocenters. The van der Waals surface area contributed by atoms with Gasteiger partial charge in [0.1, 0.15) is 0 Å². The number of phosphoric ester groups is 1. The van der Waals surface area contributed by atoms with Gasteiger partial charge < -0.3 is 34.3 Å². The van der Waals surface area contributed by atoms with Gasteiger partial charge in [-0.15, -0.1) is 10.2 Å². The van der Waals surface area contributed by atoms with Gasteiger partial charge in [0.2, 0.25) is 5.69 Å². The monoisotopic (exact) mass is 565 g/mol. The number of fused-ring (bicyclic) bond motifs is 1. The zero-order valence-corrected chi connectivity index (χ0v) is 20.1. The van der Waals surface area contributed by atoms with Gasteiger partial charge in [-0.2, -0.15) is 13.3 Å². The van der Waals surface area contributed by atoms with E-state index in [2.05, 4.69) is 28.6 Å². The lowest BCUT2D eigenvalue weighted by atomic mass is 10.2. The normalized spacial score (nSPS) is 22.1. The van der Waals surface area contributed by atoms with Gasteiger partial charge in [-0.1, -0.05) is 10.1 Å². The molecule has 196 valence electrons. The molecule has 23 heteroatoms. The lowest BCUT2D eigenvalue weighted by Gasteiger charge is -2.18. The molecular formula is C12H18N5O15P3. The van der Waals surface area contributed by atoms with E-state index in [0.717, 1.165) is 4.68 Å². The summed E-state index contributed by atoms with van der Waals surface area (Å²) in [7, 11) is -16.6. The van der Waals surface area contributed by atoms with Gasteiger partial charge in [0.15, 0.2) is 17.3 Å². The second-order valence-electron chi connectivity index (χ2n) is 6.67. The number of nitrogens with zero attached hydrogens (tertiary/aromatic N) is 5. The third kappa shape index (κ3) is 6.78. The number of ether oxygens (including phenoxy) is 2. The minimum Gasteiger partial charge on any atom is -0.461 e. The summed E-state index contributed by atoms with van der Waals surface area (Å²) in [5.41, 5.74) is -2.21. The quantitative estimate of drug-likeness (QED) is 0.137. The van der Waals surface area contributed by atoms with Crippen molar-refractivity contribution in [2.75, 3.05) is 13.2 Å². The van der Waals surface area contributed by atoms with Crippen molar-refractivity contribution in [3.8, 4) is 0 Å². The van der Waals surface area contributed by atoms with Crippen LogP contribution in [0.2, 0.25) is 0 Å². The molecule has 5 N–H and O–H groups in total. The van der Waals surface area contributed by atoms with Crippen molar-refractivity contribution in [1.29, 1.82) is 0 Å². The number of rotatable bonds is 10. The van der Waals surface area contributed by atoms with E-state index in [1.165, 1.54) is 6.92 Å². The Hall–Kier alpha value is -2.08. The zero-order chi connectivity index (χ0) is 26.2. The Kier molecular flexibility index (Phi) is 7.95. The third-order valence-corrected chi connectivity index (χ3v) is 7.96. The fourth-order valence-electron chi connectivity index (χ4n) is 2.92. The number of carbonyl (C=O) groups is 1. The molecule has 0 amide bonds. The van der Waals surface area contributed by atoms with E-state index in [1.807, 2.05) is 0 Å². The average Bonchev–Trinajstić information content (AvgIpc) is 3.29. The van der Waals surface area contributed by atoms with Crippen LogP contribution in [-0.2, 0) is 36.3 Å². The Bertz CT molecular complexity index is 1320. The first-order chi connectivity index (χ1) is 16.1. The van der Waals surface area contributed by atoms with Crippen LogP contribution in [-0.4, -0.2) is 75.0 Å². The van der Waals surface area contributed by atoms with Gasteiger partial charge in [-0.05, 0) is 19.8 Å². The van der Waals surface area contributed by atoms with Crippen molar-refractivity contribution in [3.05, 3.63) is 16.0 Å². The van der Waals surface area contributed by atoms with Gasteiger partial charge >= 0.3 is 35.0 Å². The Labute approximate surface area is 193 Å². The first kappa shape index (κ1) is 27.5. The van der Waals surface area contributed by atoms with E-state index < -0.39 is 65.1 Å². The molecule has 4 atom stereocenters. The molecule has 1 aliphatic heterocycles. The molecular weight excluding hydrogens is 547 g/mol. The van der Waals surface area contributed by atoms with Crippen LogP contribution in [0.1, 0.15) is 36.5 Å². The summed E-state index contributed by atoms with van der Waals surface area (Å²) in [6, 6.07) is 0. The summed E-state index contributed by atoms with van der Waals surface area (Å²) < 4.78 is 56.4. The van der Waals surface area contributed by atoms with Crippen LogP contribution in [0.4, 0.5) is 0 Å². The number of hydrogen-bond donors (Lipinski definition) is 5. The first-order valence-corrected chi connectivity index (χ1v) is 13.8. The maximum atomic E-state index is 12.8. The number of carbonyl (C=O) groups excluding carboxylic acids is 1. The van der Waals surface area contributed by atoms with Crippen LogP contribution in [0, 0.1) is 0 Å². The largest absolute Gasteiger partial charge is 0.490 e. The van der Waals surface area contributed by atoms with Crippen LogP contribution in [0.5, 0.6) is 0 Å². The molecule has 0 spiro atoms. The predicted octanol–water partition coefficient (Wildman–Crippen LogP) is -0.577. The van der Waals surface area contributed by atoms with E-state index in [4.69, 9.17) is 24.2 Å². The Morgan fingerprint density at radius 2 is 1.83 bits per heavy atom. The highest BCUT2D eigenvalue weighted by Gasteiger charge is 2.41. The van der Waals surface area contributed by atoms with Crippen molar-refractivity contribution in [3.63, 3.8) is 0 Å². The maximum absolute atomic E-state index is 12.8. The topological polar surface area (TPSA) is 281 Å². The van der Waals surface area contributed by atoms with Crippen molar-refractivity contribution in [1.82, 2.24) is 24.9 Å². The summed E-state index contributed by atoms with van der Waals surface area (Å²) in [6.45, 7) is 0.809. The maximum Gasteiger partial charge on any atom is 0.490 e. The molecule has 3 heterocycles. The third-order valence-electron chi connectivity index (χ3n) is 4.16. The van der Waals surface area contributed by atoms with Gasteiger partial charge in [-0.3, -0.25) is 9.32 Å². The van der Waals surface area contributed by atoms with Crippen molar-refractivity contribution in [2.45, 2.75) is 32.1 Å². The number of aromatic nitrogens is 5. The molecule has 0 aromatic carbocycles. The van der Waals surface area contributed by atoms with E-state index in [0.29, 0.717) is 0 Å². The summed E-state index contributed by atoms with van der Waals surface area (Å²) >= 11 is 0. The van der Waals surface area contributed by atoms with Crippen LogP contribution in [0.15, 0.2) is 4.79 Å². The number of esters is 1. The second-order valence-corrected chi connectivity index (χ2v) is 11.1. The highest BCUT2D eigenvalue weighted by atomic mass is 31.3. The second kappa shape index (κ2) is 10.1. The molecule has 0 radical (unpaired) electrons. The van der Waals surface area contributed by atoms with Crippen molar-refractivity contribution in [2.24, 2.45) is 0 Å².